The summed E-state index contributed by atoms with van der Waals surface area (Å²) in [5, 5.41) is 3.90. The van der Waals surface area contributed by atoms with Gasteiger partial charge in [0, 0.05) is 5.54 Å². The maximum Gasteiger partial charge on any atom is 0.0434 e. The van der Waals surface area contributed by atoms with Crippen molar-refractivity contribution in [3.05, 3.63) is 35.9 Å². The minimum absolute atomic E-state index is 0.282. The molecule has 1 aliphatic carbocycles. The summed E-state index contributed by atoms with van der Waals surface area (Å²) in [6.45, 7) is 3.46. The molecule has 0 bridgehead atoms. The molecule has 0 aromatic heterocycles. The van der Waals surface area contributed by atoms with Gasteiger partial charge in [-0.1, -0.05) is 82.2 Å². The van der Waals surface area contributed by atoms with E-state index in [2.05, 4.69) is 42.6 Å². The number of nitrogens with one attached hydrogen (secondary N) is 1. The summed E-state index contributed by atoms with van der Waals surface area (Å²) in [5.41, 5.74) is 1.79. The Labute approximate surface area is 125 Å². The zero-order valence-electron chi connectivity index (χ0n) is 13.2. The van der Waals surface area contributed by atoms with Crippen molar-refractivity contribution in [2.75, 3.05) is 6.54 Å². The third-order valence-electron chi connectivity index (χ3n) is 4.78. The van der Waals surface area contributed by atoms with E-state index < -0.39 is 0 Å². The molecule has 1 aromatic carbocycles. The van der Waals surface area contributed by atoms with Crippen LogP contribution in [0.15, 0.2) is 30.3 Å². The monoisotopic (exact) mass is 273 g/mol. The highest BCUT2D eigenvalue weighted by atomic mass is 15.0. The fourth-order valence-corrected chi connectivity index (χ4v) is 3.54. The van der Waals surface area contributed by atoms with Gasteiger partial charge >= 0.3 is 0 Å². The lowest BCUT2D eigenvalue weighted by Crippen LogP contribution is -2.40. The molecule has 1 fully saturated rings. The number of unbranched alkanes of at least 4 members (excludes halogenated alkanes) is 5. The average Bonchev–Trinajstić information content (AvgIpc) is 2.97. The highest BCUT2D eigenvalue weighted by molar-refractivity contribution is 5.25. The molecule has 0 spiro atoms. The van der Waals surface area contributed by atoms with Crippen molar-refractivity contribution < 1.29 is 0 Å². The van der Waals surface area contributed by atoms with Crippen LogP contribution < -0.4 is 5.32 Å². The first kappa shape index (κ1) is 15.6. The topological polar surface area (TPSA) is 12.0 Å². The molecular formula is C19H31N. The highest BCUT2D eigenvalue weighted by Gasteiger charge is 2.34. The molecule has 1 nitrogen and oxygen atoms in total. The predicted molar refractivity (Wildman–Crippen MR) is 88.0 cm³/mol. The van der Waals surface area contributed by atoms with Crippen molar-refractivity contribution in [2.45, 2.75) is 76.7 Å². The van der Waals surface area contributed by atoms with Crippen molar-refractivity contribution in [3.8, 4) is 0 Å². The number of hydrogen-bond donors (Lipinski definition) is 1. The SMILES string of the molecule is CCCCCCCCNC1(c2ccccc2)CCCC1. The molecule has 0 saturated heterocycles. The summed E-state index contributed by atoms with van der Waals surface area (Å²) in [6.07, 6.45) is 13.7. The van der Waals surface area contributed by atoms with E-state index in [1.54, 1.807) is 0 Å². The minimum atomic E-state index is 0.282. The molecule has 0 atom stereocenters. The molecule has 112 valence electrons. The van der Waals surface area contributed by atoms with Crippen LogP contribution >= 0.6 is 0 Å². The molecule has 0 heterocycles. The van der Waals surface area contributed by atoms with Gasteiger partial charge in [0.15, 0.2) is 0 Å². The maximum atomic E-state index is 3.90. The second-order valence-corrected chi connectivity index (χ2v) is 6.35. The zero-order chi connectivity index (χ0) is 14.1. The predicted octanol–water partition coefficient (Wildman–Crippen LogP) is 5.41. The van der Waals surface area contributed by atoms with Gasteiger partial charge in [-0.25, -0.2) is 0 Å². The van der Waals surface area contributed by atoms with Gasteiger partial charge in [-0.15, -0.1) is 0 Å². The molecule has 1 N–H and O–H groups in total. The van der Waals surface area contributed by atoms with Crippen LogP contribution in [0.2, 0.25) is 0 Å². The Balaban J connectivity index is 1.76. The van der Waals surface area contributed by atoms with Crippen molar-refractivity contribution in [3.63, 3.8) is 0 Å². The van der Waals surface area contributed by atoms with E-state index in [1.165, 1.54) is 76.3 Å². The van der Waals surface area contributed by atoms with E-state index in [1.807, 2.05) is 0 Å². The highest BCUT2D eigenvalue weighted by Crippen LogP contribution is 2.38. The van der Waals surface area contributed by atoms with Gasteiger partial charge in [-0.05, 0) is 31.4 Å². The van der Waals surface area contributed by atoms with Crippen molar-refractivity contribution >= 4 is 0 Å². The van der Waals surface area contributed by atoms with Gasteiger partial charge < -0.3 is 5.32 Å². The Morgan fingerprint density at radius 3 is 2.25 bits per heavy atom. The number of benzene rings is 1. The lowest BCUT2D eigenvalue weighted by atomic mass is 9.88. The van der Waals surface area contributed by atoms with Crippen LogP contribution in [0.1, 0.15) is 76.7 Å². The second-order valence-electron chi connectivity index (χ2n) is 6.35. The van der Waals surface area contributed by atoms with Gasteiger partial charge in [-0.2, -0.15) is 0 Å². The van der Waals surface area contributed by atoms with E-state index >= 15 is 0 Å². The summed E-state index contributed by atoms with van der Waals surface area (Å²) in [6, 6.07) is 11.1. The van der Waals surface area contributed by atoms with E-state index in [0.717, 1.165) is 0 Å². The fourth-order valence-electron chi connectivity index (χ4n) is 3.54. The quantitative estimate of drug-likeness (QED) is 0.593. The van der Waals surface area contributed by atoms with E-state index in [4.69, 9.17) is 0 Å². The third kappa shape index (κ3) is 4.34. The van der Waals surface area contributed by atoms with Crippen LogP contribution in [0.4, 0.5) is 0 Å². The number of rotatable bonds is 9. The lowest BCUT2D eigenvalue weighted by Gasteiger charge is -2.31. The molecule has 0 unspecified atom stereocenters. The number of hydrogen-bond acceptors (Lipinski definition) is 1. The molecule has 1 aromatic rings. The van der Waals surface area contributed by atoms with Gasteiger partial charge in [0.25, 0.3) is 0 Å². The summed E-state index contributed by atoms with van der Waals surface area (Å²) in [7, 11) is 0. The Hall–Kier alpha value is -0.820. The molecule has 1 saturated carbocycles. The Bertz CT molecular complexity index is 351. The summed E-state index contributed by atoms with van der Waals surface area (Å²) >= 11 is 0. The van der Waals surface area contributed by atoms with Crippen LogP contribution in [-0.2, 0) is 5.54 Å². The van der Waals surface area contributed by atoms with Crippen LogP contribution in [0.5, 0.6) is 0 Å². The van der Waals surface area contributed by atoms with Crippen LogP contribution in [0.25, 0.3) is 0 Å². The first-order valence-corrected chi connectivity index (χ1v) is 8.68. The van der Waals surface area contributed by atoms with E-state index in [-0.39, 0.29) is 5.54 Å². The standard InChI is InChI=1S/C19H31N/c1-2-3-4-5-6-12-17-20-19(15-10-11-16-19)18-13-8-7-9-14-18/h7-9,13-14,20H,2-6,10-12,15-17H2,1H3. The molecule has 1 heteroatoms. The minimum Gasteiger partial charge on any atom is -0.307 e. The van der Waals surface area contributed by atoms with E-state index in [0.29, 0.717) is 0 Å². The van der Waals surface area contributed by atoms with Crippen LogP contribution in [0, 0.1) is 0 Å². The van der Waals surface area contributed by atoms with Gasteiger partial charge in [0.05, 0.1) is 0 Å². The summed E-state index contributed by atoms with van der Waals surface area (Å²) < 4.78 is 0. The van der Waals surface area contributed by atoms with E-state index in [9.17, 15) is 0 Å². The Morgan fingerprint density at radius 2 is 1.55 bits per heavy atom. The Morgan fingerprint density at radius 1 is 0.900 bits per heavy atom. The molecule has 2 rings (SSSR count). The summed E-state index contributed by atoms with van der Waals surface area (Å²) in [5.74, 6) is 0. The van der Waals surface area contributed by atoms with Gasteiger partial charge in [0.1, 0.15) is 0 Å². The van der Waals surface area contributed by atoms with Crippen molar-refractivity contribution in [1.29, 1.82) is 0 Å². The molecule has 0 amide bonds. The molecular weight excluding hydrogens is 242 g/mol. The first-order chi connectivity index (χ1) is 9.87. The largest absolute Gasteiger partial charge is 0.307 e. The smallest absolute Gasteiger partial charge is 0.0434 e. The fraction of sp³-hybridized carbons (Fsp3) is 0.684. The lowest BCUT2D eigenvalue weighted by molar-refractivity contribution is 0.337. The van der Waals surface area contributed by atoms with Crippen molar-refractivity contribution in [2.24, 2.45) is 0 Å². The normalized spacial score (nSPS) is 17.4. The van der Waals surface area contributed by atoms with Crippen LogP contribution in [0.3, 0.4) is 0 Å². The maximum absolute atomic E-state index is 3.90. The van der Waals surface area contributed by atoms with Crippen molar-refractivity contribution in [1.82, 2.24) is 5.32 Å². The average molecular weight is 273 g/mol. The Kier molecular flexibility index (Phi) is 6.59. The molecule has 0 radical (unpaired) electrons. The first-order valence-electron chi connectivity index (χ1n) is 8.68. The third-order valence-corrected chi connectivity index (χ3v) is 4.78. The molecule has 0 aliphatic heterocycles. The molecule has 20 heavy (non-hydrogen) atoms. The van der Waals surface area contributed by atoms with Crippen LogP contribution in [-0.4, -0.2) is 6.54 Å². The van der Waals surface area contributed by atoms with Gasteiger partial charge in [0.2, 0.25) is 0 Å². The zero-order valence-corrected chi connectivity index (χ0v) is 13.2. The second kappa shape index (κ2) is 8.46. The summed E-state index contributed by atoms with van der Waals surface area (Å²) in [4.78, 5) is 0. The molecule has 1 aliphatic rings. The van der Waals surface area contributed by atoms with Gasteiger partial charge in [-0.3, -0.25) is 0 Å².